The molecule has 0 saturated heterocycles. The number of nitrogens with two attached hydrogens (primary N) is 1. The molecule has 16 heavy (non-hydrogen) atoms. The van der Waals surface area contributed by atoms with Gasteiger partial charge in [0.25, 0.3) is 0 Å². The third kappa shape index (κ3) is 3.25. The van der Waals surface area contributed by atoms with Crippen molar-refractivity contribution in [3.63, 3.8) is 0 Å². The maximum absolute atomic E-state index is 13.7. The molecule has 1 nitrogen and oxygen atoms in total. The van der Waals surface area contributed by atoms with E-state index >= 15 is 0 Å². The van der Waals surface area contributed by atoms with Crippen LogP contribution in [0.1, 0.15) is 25.3 Å². The predicted octanol–water partition coefficient (Wildman–Crippen LogP) is 3.64. The third-order valence-electron chi connectivity index (χ3n) is 2.66. The molecule has 1 unspecified atom stereocenters. The van der Waals surface area contributed by atoms with Gasteiger partial charge in [0.1, 0.15) is 11.6 Å². The quantitative estimate of drug-likeness (QED) is 0.824. The Kier molecular flexibility index (Phi) is 5.35. The number of halogens is 3. The second kappa shape index (κ2) is 6.30. The van der Waals surface area contributed by atoms with Crippen LogP contribution in [0.25, 0.3) is 0 Å². The zero-order valence-electron chi connectivity index (χ0n) is 9.27. The Bertz CT molecular complexity index is 355. The summed E-state index contributed by atoms with van der Waals surface area (Å²) in [6.45, 7) is 2.50. The summed E-state index contributed by atoms with van der Waals surface area (Å²) in [5.41, 5.74) is 5.73. The molecule has 0 heterocycles. The van der Waals surface area contributed by atoms with Crippen molar-refractivity contribution in [3.05, 3.63) is 33.8 Å². The summed E-state index contributed by atoms with van der Waals surface area (Å²) in [5.74, 6) is -0.854. The highest BCUT2D eigenvalue weighted by Crippen LogP contribution is 2.24. The first kappa shape index (κ1) is 13.6. The Morgan fingerprint density at radius 2 is 2.06 bits per heavy atom. The van der Waals surface area contributed by atoms with Crippen molar-refractivity contribution in [2.24, 2.45) is 11.7 Å². The molecule has 0 saturated carbocycles. The topological polar surface area (TPSA) is 26.0 Å². The van der Waals surface area contributed by atoms with Gasteiger partial charge < -0.3 is 5.73 Å². The summed E-state index contributed by atoms with van der Waals surface area (Å²) in [4.78, 5) is 0. The summed E-state index contributed by atoms with van der Waals surface area (Å²) in [6.07, 6.45) is 2.22. The molecule has 4 heteroatoms. The Labute approximate surface area is 103 Å². The summed E-state index contributed by atoms with van der Waals surface area (Å²) in [5, 5.41) is 0. The van der Waals surface area contributed by atoms with Crippen LogP contribution in [0.3, 0.4) is 0 Å². The zero-order chi connectivity index (χ0) is 12.1. The van der Waals surface area contributed by atoms with Gasteiger partial charge in [-0.3, -0.25) is 0 Å². The van der Waals surface area contributed by atoms with Crippen LogP contribution < -0.4 is 5.73 Å². The normalized spacial score (nSPS) is 12.8. The minimum absolute atomic E-state index is 0.137. The van der Waals surface area contributed by atoms with Crippen LogP contribution in [-0.2, 0) is 6.42 Å². The average Bonchev–Trinajstić information content (AvgIpc) is 2.28. The van der Waals surface area contributed by atoms with E-state index in [2.05, 4.69) is 15.9 Å². The second-order valence-corrected chi connectivity index (χ2v) is 4.77. The molecule has 1 rings (SSSR count). The third-order valence-corrected chi connectivity index (χ3v) is 3.27. The van der Waals surface area contributed by atoms with Gasteiger partial charge in [0, 0.05) is 5.56 Å². The van der Waals surface area contributed by atoms with Gasteiger partial charge in [-0.15, -0.1) is 0 Å². The van der Waals surface area contributed by atoms with Crippen molar-refractivity contribution in [1.29, 1.82) is 0 Å². The molecule has 0 aliphatic heterocycles. The monoisotopic (exact) mass is 291 g/mol. The highest BCUT2D eigenvalue weighted by molar-refractivity contribution is 9.10. The average molecular weight is 292 g/mol. The predicted molar refractivity (Wildman–Crippen MR) is 65.2 cm³/mol. The minimum atomic E-state index is -0.505. The number of hydrogen-bond donors (Lipinski definition) is 1. The molecule has 1 aromatic carbocycles. The van der Waals surface area contributed by atoms with E-state index in [9.17, 15) is 8.78 Å². The van der Waals surface area contributed by atoms with Gasteiger partial charge in [0.2, 0.25) is 0 Å². The van der Waals surface area contributed by atoms with Crippen LogP contribution in [-0.4, -0.2) is 6.54 Å². The summed E-state index contributed by atoms with van der Waals surface area (Å²) >= 11 is 3.06. The highest BCUT2D eigenvalue weighted by Gasteiger charge is 2.16. The van der Waals surface area contributed by atoms with Crippen LogP contribution in [0.2, 0.25) is 0 Å². The lowest BCUT2D eigenvalue weighted by atomic mass is 9.94. The first-order valence-corrected chi connectivity index (χ1v) is 6.21. The van der Waals surface area contributed by atoms with E-state index in [0.29, 0.717) is 17.4 Å². The maximum atomic E-state index is 13.7. The minimum Gasteiger partial charge on any atom is -0.330 e. The summed E-state index contributed by atoms with van der Waals surface area (Å²) in [6, 6.07) is 2.66. The van der Waals surface area contributed by atoms with Crippen molar-refractivity contribution >= 4 is 15.9 Å². The lowest BCUT2D eigenvalue weighted by Gasteiger charge is -2.15. The highest BCUT2D eigenvalue weighted by atomic mass is 79.9. The first-order chi connectivity index (χ1) is 7.60. The molecule has 2 N–H and O–H groups in total. The molecule has 0 bridgehead atoms. The molecule has 0 radical (unpaired) electrons. The second-order valence-electron chi connectivity index (χ2n) is 3.92. The Morgan fingerprint density at radius 1 is 1.38 bits per heavy atom. The fourth-order valence-electron chi connectivity index (χ4n) is 1.76. The lowest BCUT2D eigenvalue weighted by Crippen LogP contribution is -2.18. The standard InChI is InChI=1S/C12H16BrF2N/c1-2-3-8(7-16)6-9-11(14)5-4-10(13)12(9)15/h4-5,8H,2-3,6-7,16H2,1H3. The lowest BCUT2D eigenvalue weighted by molar-refractivity contribution is 0.456. The number of hydrogen-bond acceptors (Lipinski definition) is 1. The SMILES string of the molecule is CCCC(CN)Cc1c(F)ccc(Br)c1F. The van der Waals surface area contributed by atoms with E-state index in [1.165, 1.54) is 12.1 Å². The fraction of sp³-hybridized carbons (Fsp3) is 0.500. The fourth-order valence-corrected chi connectivity index (χ4v) is 2.13. The van der Waals surface area contributed by atoms with Gasteiger partial charge in [0.05, 0.1) is 4.47 Å². The Balaban J connectivity index is 2.90. The molecule has 0 amide bonds. The maximum Gasteiger partial charge on any atom is 0.143 e. The van der Waals surface area contributed by atoms with E-state index in [1.807, 2.05) is 6.92 Å². The molecule has 0 spiro atoms. The molecular formula is C12H16BrF2N. The van der Waals surface area contributed by atoms with Crippen molar-refractivity contribution < 1.29 is 8.78 Å². The molecule has 1 atom stereocenters. The van der Waals surface area contributed by atoms with E-state index in [-0.39, 0.29) is 11.5 Å². The van der Waals surface area contributed by atoms with Gasteiger partial charge in [-0.2, -0.15) is 0 Å². The molecule has 90 valence electrons. The molecule has 0 aromatic heterocycles. The van der Waals surface area contributed by atoms with E-state index in [4.69, 9.17) is 5.73 Å². The van der Waals surface area contributed by atoms with Crippen molar-refractivity contribution in [2.75, 3.05) is 6.54 Å². The summed E-state index contributed by atoms with van der Waals surface area (Å²) in [7, 11) is 0. The molecule has 0 aliphatic rings. The van der Waals surface area contributed by atoms with Gasteiger partial charge in [-0.1, -0.05) is 13.3 Å². The zero-order valence-corrected chi connectivity index (χ0v) is 10.9. The smallest absolute Gasteiger partial charge is 0.143 e. The van der Waals surface area contributed by atoms with Gasteiger partial charge in [-0.05, 0) is 53.4 Å². The van der Waals surface area contributed by atoms with E-state index < -0.39 is 11.6 Å². The molecular weight excluding hydrogens is 276 g/mol. The molecule has 0 fully saturated rings. The van der Waals surface area contributed by atoms with Crippen LogP contribution in [0.15, 0.2) is 16.6 Å². The largest absolute Gasteiger partial charge is 0.330 e. The first-order valence-electron chi connectivity index (χ1n) is 5.42. The van der Waals surface area contributed by atoms with Gasteiger partial charge >= 0.3 is 0 Å². The van der Waals surface area contributed by atoms with Crippen molar-refractivity contribution in [2.45, 2.75) is 26.2 Å². The van der Waals surface area contributed by atoms with E-state index in [0.717, 1.165) is 12.8 Å². The Morgan fingerprint density at radius 3 is 2.62 bits per heavy atom. The van der Waals surface area contributed by atoms with Crippen LogP contribution in [0.4, 0.5) is 8.78 Å². The van der Waals surface area contributed by atoms with Gasteiger partial charge in [-0.25, -0.2) is 8.78 Å². The number of benzene rings is 1. The van der Waals surface area contributed by atoms with Gasteiger partial charge in [0.15, 0.2) is 0 Å². The summed E-state index contributed by atoms with van der Waals surface area (Å²) < 4.78 is 27.4. The molecule has 0 aliphatic carbocycles. The van der Waals surface area contributed by atoms with Crippen molar-refractivity contribution in [1.82, 2.24) is 0 Å². The van der Waals surface area contributed by atoms with Crippen LogP contribution in [0.5, 0.6) is 0 Å². The number of rotatable bonds is 5. The van der Waals surface area contributed by atoms with Crippen molar-refractivity contribution in [3.8, 4) is 0 Å². The Hall–Kier alpha value is -0.480. The molecule has 1 aromatic rings. The van der Waals surface area contributed by atoms with Crippen LogP contribution >= 0.6 is 15.9 Å². The van der Waals surface area contributed by atoms with E-state index in [1.54, 1.807) is 0 Å². The van der Waals surface area contributed by atoms with Crippen LogP contribution in [0, 0.1) is 17.6 Å².